The van der Waals surface area contributed by atoms with Crippen LogP contribution >= 0.6 is 0 Å². The Morgan fingerprint density at radius 1 is 1.06 bits per heavy atom. The standard InChI is InChI=1S/C25H35N3O7/c1-15(26-24(32)33)22(30)28-20(13-17-8-10-18(34-3)11-9-17)23(31)27-19(12-16-6-4-5-7-16)21(29)25(2)14-35-25/h8-11,15-16,19-20,26H,4-7,12-14H2,1-3H3,(H,27,31)(H,28,30)(H,32,33). The first-order valence-electron chi connectivity index (χ1n) is 12.0. The lowest BCUT2D eigenvalue weighted by atomic mass is 9.90. The topological polar surface area (TPSA) is 146 Å². The minimum atomic E-state index is -1.34. The molecule has 3 amide bonds. The van der Waals surface area contributed by atoms with Gasteiger partial charge < -0.3 is 30.5 Å². The minimum Gasteiger partial charge on any atom is -0.497 e. The molecule has 4 atom stereocenters. The molecule has 0 radical (unpaired) electrons. The van der Waals surface area contributed by atoms with E-state index in [2.05, 4.69) is 16.0 Å². The molecule has 0 aromatic heterocycles. The highest BCUT2D eigenvalue weighted by atomic mass is 16.6. The van der Waals surface area contributed by atoms with Crippen LogP contribution in [0.1, 0.15) is 51.5 Å². The van der Waals surface area contributed by atoms with E-state index >= 15 is 0 Å². The normalized spacial score (nSPS) is 21.9. The molecule has 0 bridgehead atoms. The van der Waals surface area contributed by atoms with Crippen molar-refractivity contribution >= 4 is 23.7 Å². The predicted molar refractivity (Wildman–Crippen MR) is 127 cm³/mol. The van der Waals surface area contributed by atoms with Crippen LogP contribution in [0, 0.1) is 5.92 Å². The second kappa shape index (κ2) is 11.5. The Kier molecular flexibility index (Phi) is 8.71. The van der Waals surface area contributed by atoms with Crippen molar-refractivity contribution in [2.45, 2.75) is 76.1 Å². The molecule has 3 rings (SSSR count). The lowest BCUT2D eigenvalue weighted by Gasteiger charge is -2.26. The van der Waals surface area contributed by atoms with Gasteiger partial charge in [-0.1, -0.05) is 37.8 Å². The average molecular weight is 490 g/mol. The van der Waals surface area contributed by atoms with E-state index in [1.165, 1.54) is 6.92 Å². The van der Waals surface area contributed by atoms with E-state index < -0.39 is 41.6 Å². The zero-order valence-electron chi connectivity index (χ0n) is 20.5. The van der Waals surface area contributed by atoms with Crippen LogP contribution in [-0.2, 0) is 25.5 Å². The van der Waals surface area contributed by atoms with Crippen LogP contribution < -0.4 is 20.7 Å². The molecule has 4 unspecified atom stereocenters. The SMILES string of the molecule is COc1ccc(CC(NC(=O)C(C)NC(=O)O)C(=O)NC(CC2CCCC2)C(=O)C2(C)CO2)cc1. The predicted octanol–water partition coefficient (Wildman–Crippen LogP) is 1.80. The molecule has 10 nitrogen and oxygen atoms in total. The Bertz CT molecular complexity index is 923. The van der Waals surface area contributed by atoms with E-state index in [1.54, 1.807) is 38.3 Å². The van der Waals surface area contributed by atoms with Crippen molar-refractivity contribution in [1.82, 2.24) is 16.0 Å². The van der Waals surface area contributed by atoms with Gasteiger partial charge in [-0.05, 0) is 43.9 Å². The molecule has 2 aliphatic rings. The molecule has 1 aliphatic heterocycles. The second-order valence-corrected chi connectivity index (χ2v) is 9.62. The summed E-state index contributed by atoms with van der Waals surface area (Å²) in [7, 11) is 1.55. The Labute approximate surface area is 205 Å². The van der Waals surface area contributed by atoms with Crippen molar-refractivity contribution < 1.29 is 33.8 Å². The maximum atomic E-state index is 13.4. The molecule has 10 heteroatoms. The van der Waals surface area contributed by atoms with Gasteiger partial charge in [0.25, 0.3) is 0 Å². The number of carbonyl (C=O) groups excluding carboxylic acids is 3. The quantitative estimate of drug-likeness (QED) is 0.327. The lowest BCUT2D eigenvalue weighted by Crippen LogP contribution is -2.57. The van der Waals surface area contributed by atoms with Crippen molar-refractivity contribution in [1.29, 1.82) is 0 Å². The molecule has 1 heterocycles. The van der Waals surface area contributed by atoms with E-state index in [0.717, 1.165) is 31.2 Å². The number of nitrogens with one attached hydrogen (secondary N) is 3. The third-order valence-corrected chi connectivity index (χ3v) is 6.74. The Balaban J connectivity index is 1.76. The number of benzene rings is 1. The maximum absolute atomic E-state index is 13.4. The van der Waals surface area contributed by atoms with Crippen molar-refractivity contribution in [3.8, 4) is 5.75 Å². The number of ether oxygens (including phenoxy) is 2. The molecular weight excluding hydrogens is 454 g/mol. The Morgan fingerprint density at radius 2 is 1.66 bits per heavy atom. The summed E-state index contributed by atoms with van der Waals surface area (Å²) in [6.45, 7) is 3.44. The van der Waals surface area contributed by atoms with Gasteiger partial charge >= 0.3 is 6.09 Å². The first kappa shape index (κ1) is 26.5. The van der Waals surface area contributed by atoms with Crippen molar-refractivity contribution in [2.75, 3.05) is 13.7 Å². The molecule has 0 spiro atoms. The summed E-state index contributed by atoms with van der Waals surface area (Å²) in [5.74, 6) is -0.304. The fourth-order valence-electron chi connectivity index (χ4n) is 4.46. The van der Waals surface area contributed by atoms with Crippen molar-refractivity contribution in [3.63, 3.8) is 0 Å². The number of Topliss-reactive ketones (excluding diaryl/α,β-unsaturated/α-hetero) is 1. The van der Waals surface area contributed by atoms with Gasteiger partial charge in [-0.3, -0.25) is 14.4 Å². The van der Waals surface area contributed by atoms with Crippen molar-refractivity contribution in [2.24, 2.45) is 5.92 Å². The summed E-state index contributed by atoms with van der Waals surface area (Å²) in [5, 5.41) is 16.5. The molecule has 2 fully saturated rings. The van der Waals surface area contributed by atoms with Gasteiger partial charge in [0.2, 0.25) is 11.8 Å². The summed E-state index contributed by atoms with van der Waals surface area (Å²) in [6, 6.07) is 4.27. The highest BCUT2D eigenvalue weighted by molar-refractivity contribution is 5.98. The maximum Gasteiger partial charge on any atom is 0.405 e. The number of amides is 3. The fourth-order valence-corrected chi connectivity index (χ4v) is 4.46. The van der Waals surface area contributed by atoms with Crippen LogP contribution in [0.25, 0.3) is 0 Å². The molecule has 192 valence electrons. The number of carboxylic acid groups (broad SMARTS) is 1. The number of hydrogen-bond acceptors (Lipinski definition) is 6. The smallest absolute Gasteiger partial charge is 0.405 e. The molecule has 1 aromatic carbocycles. The number of ketones is 1. The van der Waals surface area contributed by atoms with Crippen LogP contribution in [0.3, 0.4) is 0 Å². The molecule has 4 N–H and O–H groups in total. The molecule has 1 aliphatic carbocycles. The summed E-state index contributed by atoms with van der Waals surface area (Å²) in [4.78, 5) is 50.1. The summed E-state index contributed by atoms with van der Waals surface area (Å²) in [5.41, 5.74) is -0.119. The van der Waals surface area contributed by atoms with Gasteiger partial charge in [-0.25, -0.2) is 4.79 Å². The average Bonchev–Trinajstić information content (AvgIpc) is 3.36. The van der Waals surface area contributed by atoms with E-state index in [-0.39, 0.29) is 12.2 Å². The van der Waals surface area contributed by atoms with Gasteiger partial charge in [0.1, 0.15) is 23.4 Å². The van der Waals surface area contributed by atoms with E-state index in [0.29, 0.717) is 24.7 Å². The van der Waals surface area contributed by atoms with E-state index in [4.69, 9.17) is 14.6 Å². The minimum absolute atomic E-state index is 0.152. The molecule has 1 saturated carbocycles. The second-order valence-electron chi connectivity index (χ2n) is 9.62. The summed E-state index contributed by atoms with van der Waals surface area (Å²) < 4.78 is 10.5. The van der Waals surface area contributed by atoms with Crippen LogP contribution in [0.2, 0.25) is 0 Å². The summed E-state index contributed by atoms with van der Waals surface area (Å²) in [6.07, 6.45) is 3.59. The third-order valence-electron chi connectivity index (χ3n) is 6.74. The van der Waals surface area contributed by atoms with E-state index in [1.807, 2.05) is 0 Å². The zero-order valence-corrected chi connectivity index (χ0v) is 20.5. The Morgan fingerprint density at radius 3 is 2.20 bits per heavy atom. The molecule has 35 heavy (non-hydrogen) atoms. The number of rotatable bonds is 12. The zero-order chi connectivity index (χ0) is 25.6. The van der Waals surface area contributed by atoms with Gasteiger partial charge in [0.05, 0.1) is 19.8 Å². The van der Waals surface area contributed by atoms with E-state index in [9.17, 15) is 19.2 Å². The molecule has 1 aromatic rings. The van der Waals surface area contributed by atoms with Crippen LogP contribution in [-0.4, -0.2) is 66.2 Å². The first-order valence-corrected chi connectivity index (χ1v) is 12.0. The molecule has 1 saturated heterocycles. The van der Waals surface area contributed by atoms with Gasteiger partial charge in [-0.15, -0.1) is 0 Å². The first-order chi connectivity index (χ1) is 16.6. The number of epoxide rings is 1. The van der Waals surface area contributed by atoms with Crippen LogP contribution in [0.4, 0.5) is 4.79 Å². The number of methoxy groups -OCH3 is 1. The largest absolute Gasteiger partial charge is 0.497 e. The highest BCUT2D eigenvalue weighted by Crippen LogP contribution is 2.33. The van der Waals surface area contributed by atoms with Gasteiger partial charge in [0.15, 0.2) is 5.78 Å². The number of hydrogen-bond donors (Lipinski definition) is 4. The fraction of sp³-hybridized carbons (Fsp3) is 0.600. The van der Waals surface area contributed by atoms with Crippen LogP contribution in [0.5, 0.6) is 5.75 Å². The van der Waals surface area contributed by atoms with Crippen LogP contribution in [0.15, 0.2) is 24.3 Å². The summed E-state index contributed by atoms with van der Waals surface area (Å²) >= 11 is 0. The highest BCUT2D eigenvalue weighted by Gasteiger charge is 2.50. The Hall–Kier alpha value is -3.14. The van der Waals surface area contributed by atoms with Gasteiger partial charge in [-0.2, -0.15) is 0 Å². The van der Waals surface area contributed by atoms with Crippen molar-refractivity contribution in [3.05, 3.63) is 29.8 Å². The number of carbonyl (C=O) groups is 4. The lowest BCUT2D eigenvalue weighted by molar-refractivity contribution is -0.133. The third kappa shape index (κ3) is 7.42. The van der Waals surface area contributed by atoms with Gasteiger partial charge in [0, 0.05) is 6.42 Å². The molecular formula is C25H35N3O7. The monoisotopic (exact) mass is 489 g/mol.